The molecule has 9 heteroatoms. The smallest absolute Gasteiger partial charge is 0.308 e. The van der Waals surface area contributed by atoms with Crippen LogP contribution in [0.3, 0.4) is 0 Å². The average molecular weight is 518 g/mol. The van der Waals surface area contributed by atoms with Crippen LogP contribution in [0, 0.1) is 17.8 Å². The van der Waals surface area contributed by atoms with Crippen LogP contribution in [-0.4, -0.2) is 20.7 Å². The summed E-state index contributed by atoms with van der Waals surface area (Å²) in [7, 11) is 0. The molecule has 2 fully saturated rings. The highest BCUT2D eigenvalue weighted by atomic mass is 35.5. The van der Waals surface area contributed by atoms with E-state index in [0.29, 0.717) is 38.7 Å². The number of nitrogens with zero attached hydrogens (tertiary/aromatic N) is 2. The molecule has 1 aliphatic heterocycles. The van der Waals surface area contributed by atoms with Gasteiger partial charge in [-0.1, -0.05) is 40.6 Å². The Balaban J connectivity index is 1.35. The van der Waals surface area contributed by atoms with Crippen LogP contribution in [0.4, 0.5) is 5.69 Å². The van der Waals surface area contributed by atoms with E-state index in [1.165, 1.54) is 36.2 Å². The van der Waals surface area contributed by atoms with Gasteiger partial charge < -0.3 is 5.32 Å². The first kappa shape index (κ1) is 21.7. The van der Waals surface area contributed by atoms with Crippen molar-refractivity contribution in [3.63, 3.8) is 0 Å². The number of pyridine rings is 1. The minimum Gasteiger partial charge on any atom is -0.324 e. The van der Waals surface area contributed by atoms with Crippen LogP contribution in [0.5, 0.6) is 0 Å². The molecular weight excluding hydrogens is 497 g/mol. The summed E-state index contributed by atoms with van der Waals surface area (Å²) in [5.41, 5.74) is 1.73. The van der Waals surface area contributed by atoms with Crippen molar-refractivity contribution in [3.05, 3.63) is 72.9 Å². The molecule has 0 radical (unpaired) electrons. The largest absolute Gasteiger partial charge is 0.324 e. The molecule has 0 spiro atoms. The van der Waals surface area contributed by atoms with E-state index in [4.69, 9.17) is 23.2 Å². The summed E-state index contributed by atoms with van der Waals surface area (Å²) < 4.78 is 1.66. The Bertz CT molecular complexity index is 1290. The number of nitrogens with one attached hydrogen (secondary N) is 1. The number of benzene rings is 1. The molecule has 1 amide bonds. The van der Waals surface area contributed by atoms with Gasteiger partial charge in [0.2, 0.25) is 5.91 Å². The van der Waals surface area contributed by atoms with Gasteiger partial charge in [0, 0.05) is 34.1 Å². The van der Waals surface area contributed by atoms with Crippen LogP contribution in [0.15, 0.2) is 52.5 Å². The number of thiazole rings is 1. The summed E-state index contributed by atoms with van der Waals surface area (Å²) in [4.78, 5) is 31.3. The van der Waals surface area contributed by atoms with Crippen LogP contribution in [0.1, 0.15) is 35.6 Å². The number of amides is 1. The fourth-order valence-corrected chi connectivity index (χ4v) is 9.39. The van der Waals surface area contributed by atoms with Crippen molar-refractivity contribution >= 4 is 57.9 Å². The molecule has 2 aromatic heterocycles. The van der Waals surface area contributed by atoms with E-state index in [1.807, 2.05) is 24.0 Å². The highest BCUT2D eigenvalue weighted by Gasteiger charge is 2.55. The van der Waals surface area contributed by atoms with E-state index in [2.05, 4.69) is 16.4 Å². The maximum absolute atomic E-state index is 13.1. The van der Waals surface area contributed by atoms with E-state index < -0.39 is 0 Å². The molecule has 170 valence electrons. The van der Waals surface area contributed by atoms with Gasteiger partial charge in [-0.2, -0.15) is 0 Å². The summed E-state index contributed by atoms with van der Waals surface area (Å²) in [6.45, 7) is -0.0246. The highest BCUT2D eigenvalue weighted by Crippen LogP contribution is 2.63. The number of carbonyl (C=O) groups is 1. The number of halogens is 2. The second-order valence-corrected chi connectivity index (χ2v) is 12.0. The summed E-state index contributed by atoms with van der Waals surface area (Å²) in [6, 6.07) is 9.06. The molecule has 5 nitrogen and oxygen atoms in total. The van der Waals surface area contributed by atoms with E-state index in [1.54, 1.807) is 29.0 Å². The first-order chi connectivity index (χ1) is 16.0. The number of thioether (sulfide) groups is 1. The molecular formula is C24H21Cl2N3O2S2. The van der Waals surface area contributed by atoms with Crippen LogP contribution in [0.25, 0.3) is 0 Å². The van der Waals surface area contributed by atoms with Crippen molar-refractivity contribution < 1.29 is 4.79 Å². The number of fused-ring (bicyclic) bond motifs is 6. The molecule has 6 rings (SSSR count). The fraction of sp³-hybridized carbons (Fsp3) is 0.375. The number of rotatable bonds is 4. The van der Waals surface area contributed by atoms with Crippen molar-refractivity contribution in [2.24, 2.45) is 17.8 Å². The van der Waals surface area contributed by atoms with E-state index in [9.17, 15) is 9.59 Å². The zero-order valence-corrected chi connectivity index (χ0v) is 20.7. The summed E-state index contributed by atoms with van der Waals surface area (Å²) >= 11 is 15.2. The number of hydrogen-bond donors (Lipinski definition) is 1. The molecule has 2 bridgehead atoms. The van der Waals surface area contributed by atoms with Crippen LogP contribution in [0.2, 0.25) is 10.0 Å². The normalized spacial score (nSPS) is 27.3. The molecule has 0 saturated heterocycles. The molecule has 3 aromatic rings. The standard InChI is InChI=1S/C24H21Cl2N3O2S2/c25-16-6-5-15(9-17(16)26)28-18(30)11-29-23-22(33-24(29)31)20(14-2-1-7-27-10-14)19-12-3-4-13(8-12)21(19)32-23/h1-2,5-7,9-10,12-13,19-21H,3-4,8,11H2,(H,28,30)/t12-,13-,19-,20-,21+/m0/s1. The quantitative estimate of drug-likeness (QED) is 0.467. The number of hydrogen-bond acceptors (Lipinski definition) is 5. The van der Waals surface area contributed by atoms with Gasteiger partial charge in [-0.15, -0.1) is 11.8 Å². The maximum atomic E-state index is 13.1. The first-order valence-corrected chi connectivity index (χ1v) is 13.5. The molecule has 3 aliphatic rings. The lowest BCUT2D eigenvalue weighted by atomic mass is 9.75. The predicted octanol–water partition coefficient (Wildman–Crippen LogP) is 5.90. The molecule has 33 heavy (non-hydrogen) atoms. The van der Waals surface area contributed by atoms with Gasteiger partial charge in [0.05, 0.1) is 15.1 Å². The minimum atomic E-state index is -0.260. The van der Waals surface area contributed by atoms with Gasteiger partial charge >= 0.3 is 4.87 Å². The molecule has 3 heterocycles. The molecule has 1 N–H and O–H groups in total. The maximum Gasteiger partial charge on any atom is 0.308 e. The minimum absolute atomic E-state index is 0.0246. The third-order valence-electron chi connectivity index (χ3n) is 7.24. The van der Waals surface area contributed by atoms with Crippen LogP contribution in [-0.2, 0) is 11.3 Å². The predicted molar refractivity (Wildman–Crippen MR) is 134 cm³/mol. The lowest BCUT2D eigenvalue weighted by molar-refractivity contribution is -0.116. The van der Waals surface area contributed by atoms with Crippen LogP contribution < -0.4 is 10.2 Å². The monoisotopic (exact) mass is 517 g/mol. The second kappa shape index (κ2) is 8.45. The van der Waals surface area contributed by atoms with Gasteiger partial charge in [-0.05, 0) is 66.8 Å². The van der Waals surface area contributed by atoms with Crippen LogP contribution >= 0.6 is 46.3 Å². The van der Waals surface area contributed by atoms with Gasteiger partial charge in [0.15, 0.2) is 0 Å². The second-order valence-electron chi connectivity index (χ2n) is 9.06. The Morgan fingerprint density at radius 1 is 1.18 bits per heavy atom. The lowest BCUT2D eigenvalue weighted by Gasteiger charge is -2.40. The zero-order chi connectivity index (χ0) is 22.7. The van der Waals surface area contributed by atoms with E-state index >= 15 is 0 Å². The van der Waals surface area contributed by atoms with Crippen molar-refractivity contribution in [1.29, 1.82) is 0 Å². The van der Waals surface area contributed by atoms with Crippen molar-refractivity contribution in [1.82, 2.24) is 9.55 Å². The van der Waals surface area contributed by atoms with Gasteiger partial charge in [0.25, 0.3) is 0 Å². The Labute approximate surface area is 209 Å². The zero-order valence-electron chi connectivity index (χ0n) is 17.5. The number of carbonyl (C=O) groups excluding carboxylic acids is 1. The summed E-state index contributed by atoms with van der Waals surface area (Å²) in [6.07, 6.45) is 7.55. The Morgan fingerprint density at radius 3 is 2.82 bits per heavy atom. The average Bonchev–Trinajstić information content (AvgIpc) is 3.50. The van der Waals surface area contributed by atoms with E-state index in [0.717, 1.165) is 9.90 Å². The Kier molecular flexibility index (Phi) is 5.56. The third kappa shape index (κ3) is 3.73. The van der Waals surface area contributed by atoms with Gasteiger partial charge in [0.1, 0.15) is 6.54 Å². The third-order valence-corrected chi connectivity index (χ3v) is 10.8. The topological polar surface area (TPSA) is 64.0 Å². The Hall–Kier alpha value is -1.80. The van der Waals surface area contributed by atoms with Gasteiger partial charge in [-0.3, -0.25) is 19.1 Å². The van der Waals surface area contributed by atoms with Crippen molar-refractivity contribution in [2.75, 3.05) is 5.32 Å². The summed E-state index contributed by atoms with van der Waals surface area (Å²) in [5, 5.41) is 5.08. The van der Waals surface area contributed by atoms with Crippen molar-refractivity contribution in [3.8, 4) is 0 Å². The number of anilines is 1. The molecule has 1 aromatic carbocycles. The van der Waals surface area contributed by atoms with E-state index in [-0.39, 0.29) is 23.2 Å². The molecule has 2 aliphatic carbocycles. The molecule has 0 unspecified atom stereocenters. The lowest BCUT2D eigenvalue weighted by Crippen LogP contribution is -2.34. The molecule has 5 atom stereocenters. The summed E-state index contributed by atoms with van der Waals surface area (Å²) in [5.74, 6) is 1.83. The fourth-order valence-electron chi connectivity index (χ4n) is 5.94. The van der Waals surface area contributed by atoms with Crippen molar-refractivity contribution in [2.45, 2.75) is 42.0 Å². The SMILES string of the molecule is O=C(Cn1c2c(sc1=O)[C@@H](c1cccnc1)[C@@H]1[C@H]3CC[C@@H](C3)[C@H]1S2)Nc1ccc(Cl)c(Cl)c1. The molecule has 2 saturated carbocycles. The number of aromatic nitrogens is 2. The Morgan fingerprint density at radius 2 is 2.03 bits per heavy atom. The highest BCUT2D eigenvalue weighted by molar-refractivity contribution is 8.00. The van der Waals surface area contributed by atoms with Gasteiger partial charge in [-0.25, -0.2) is 0 Å². The first-order valence-electron chi connectivity index (χ1n) is 11.0.